The summed E-state index contributed by atoms with van der Waals surface area (Å²) in [6.45, 7) is 0.273. The van der Waals surface area contributed by atoms with Crippen LogP contribution in [0.3, 0.4) is 0 Å². The minimum Gasteiger partial charge on any atom is -0.493 e. The fourth-order valence-corrected chi connectivity index (χ4v) is 1.36. The number of carbonyl (C=O) groups excluding carboxylic acids is 1. The van der Waals surface area contributed by atoms with Crippen LogP contribution in [0.5, 0.6) is 5.75 Å². The molecule has 0 aliphatic carbocycles. The van der Waals surface area contributed by atoms with Gasteiger partial charge in [-0.2, -0.15) is 0 Å². The average molecular weight is 289 g/mol. The van der Waals surface area contributed by atoms with E-state index in [2.05, 4.69) is 4.74 Å². The van der Waals surface area contributed by atoms with Crippen molar-refractivity contribution < 1.29 is 33.3 Å². The van der Waals surface area contributed by atoms with Gasteiger partial charge in [-0.1, -0.05) is 0 Å². The zero-order valence-electron chi connectivity index (χ0n) is 10.7. The predicted molar refractivity (Wildman–Crippen MR) is 63.5 cm³/mol. The van der Waals surface area contributed by atoms with E-state index in [1.807, 2.05) is 5.32 Å². The van der Waals surface area contributed by atoms with Crippen LogP contribution in [-0.4, -0.2) is 41.3 Å². The van der Waals surface area contributed by atoms with E-state index in [1.54, 1.807) is 0 Å². The molecule has 0 heterocycles. The third-order valence-electron chi connectivity index (χ3n) is 2.54. The van der Waals surface area contributed by atoms with Gasteiger partial charge in [0.15, 0.2) is 17.2 Å². The molecule has 0 saturated carbocycles. The minimum atomic E-state index is -2.23. The highest BCUT2D eigenvalue weighted by molar-refractivity contribution is 5.97. The third-order valence-corrected chi connectivity index (χ3v) is 2.54. The first-order chi connectivity index (χ1) is 9.20. The molecular formula is C12H13F2NO5. The summed E-state index contributed by atoms with van der Waals surface area (Å²) in [6.07, 6.45) is 0. The van der Waals surface area contributed by atoms with E-state index in [0.29, 0.717) is 0 Å². The molecule has 0 bridgehead atoms. The highest BCUT2D eigenvalue weighted by Crippen LogP contribution is 2.25. The van der Waals surface area contributed by atoms with Crippen LogP contribution < -0.4 is 10.1 Å². The molecule has 1 unspecified atom stereocenters. The molecule has 0 saturated heterocycles. The lowest BCUT2D eigenvalue weighted by atomic mass is 10.1. The van der Waals surface area contributed by atoms with Crippen molar-refractivity contribution in [2.45, 2.75) is 12.5 Å². The Balaban J connectivity index is 2.99. The summed E-state index contributed by atoms with van der Waals surface area (Å²) in [4.78, 5) is 22.4. The predicted octanol–water partition coefficient (Wildman–Crippen LogP) is 0.539. The zero-order chi connectivity index (χ0) is 15.5. The van der Waals surface area contributed by atoms with E-state index in [9.17, 15) is 23.5 Å². The first-order valence-corrected chi connectivity index (χ1v) is 5.46. The number of hydrogen-bond donors (Lipinski definition) is 3. The second kappa shape index (κ2) is 5.83. The molecule has 0 radical (unpaired) electrons. The summed E-state index contributed by atoms with van der Waals surface area (Å²) >= 11 is 0. The van der Waals surface area contributed by atoms with E-state index in [4.69, 9.17) is 5.11 Å². The number of ether oxygens (including phenoxy) is 1. The molecule has 6 nitrogen and oxygen atoms in total. The summed E-state index contributed by atoms with van der Waals surface area (Å²) in [5.41, 5.74) is -2.93. The van der Waals surface area contributed by atoms with Crippen LogP contribution in [0.2, 0.25) is 0 Å². The van der Waals surface area contributed by atoms with Crippen LogP contribution in [-0.2, 0) is 4.79 Å². The van der Waals surface area contributed by atoms with Gasteiger partial charge in [0.05, 0.1) is 13.7 Å². The van der Waals surface area contributed by atoms with Crippen molar-refractivity contribution in [2.75, 3.05) is 13.7 Å². The van der Waals surface area contributed by atoms with Crippen molar-refractivity contribution in [2.24, 2.45) is 0 Å². The van der Waals surface area contributed by atoms with Crippen LogP contribution >= 0.6 is 0 Å². The summed E-state index contributed by atoms with van der Waals surface area (Å²) in [7, 11) is 1.06. The Morgan fingerprint density at radius 1 is 1.35 bits per heavy atom. The Kier molecular flexibility index (Phi) is 4.61. The van der Waals surface area contributed by atoms with Gasteiger partial charge >= 0.3 is 5.97 Å². The second-order valence-corrected chi connectivity index (χ2v) is 4.20. The van der Waals surface area contributed by atoms with Crippen molar-refractivity contribution in [1.82, 2.24) is 5.32 Å². The maximum Gasteiger partial charge on any atom is 0.337 e. The Hall–Kier alpha value is -2.22. The van der Waals surface area contributed by atoms with Gasteiger partial charge in [0.2, 0.25) is 0 Å². The maximum atomic E-state index is 13.6. The highest BCUT2D eigenvalue weighted by atomic mass is 19.1. The van der Waals surface area contributed by atoms with Crippen LogP contribution in [0.15, 0.2) is 12.1 Å². The van der Waals surface area contributed by atoms with Gasteiger partial charge in [-0.15, -0.1) is 0 Å². The maximum absolute atomic E-state index is 13.6. The Morgan fingerprint density at radius 3 is 2.40 bits per heavy atom. The van der Waals surface area contributed by atoms with Gasteiger partial charge in [0.25, 0.3) is 5.91 Å². The number of carboxylic acid groups (broad SMARTS) is 1. The molecule has 110 valence electrons. The van der Waals surface area contributed by atoms with Crippen molar-refractivity contribution in [1.29, 1.82) is 0 Å². The number of halogens is 2. The molecule has 1 aromatic rings. The van der Waals surface area contributed by atoms with Crippen molar-refractivity contribution in [3.05, 3.63) is 29.3 Å². The van der Waals surface area contributed by atoms with Gasteiger partial charge in [0.1, 0.15) is 11.4 Å². The number of aliphatic carboxylic acids is 1. The average Bonchev–Trinajstić information content (AvgIpc) is 2.38. The molecule has 1 aromatic carbocycles. The molecule has 0 aliphatic heterocycles. The fraction of sp³-hybridized carbons (Fsp3) is 0.333. The number of benzene rings is 1. The first-order valence-electron chi connectivity index (χ1n) is 5.46. The summed E-state index contributed by atoms with van der Waals surface area (Å²) in [5.74, 6) is -5.23. The largest absolute Gasteiger partial charge is 0.493 e. The molecule has 0 aromatic heterocycles. The summed E-state index contributed by atoms with van der Waals surface area (Å²) < 4.78 is 31.5. The van der Waals surface area contributed by atoms with E-state index < -0.39 is 47.0 Å². The summed E-state index contributed by atoms with van der Waals surface area (Å²) in [6, 6.07) is 1.53. The number of aliphatic hydroxyl groups is 1. The first kappa shape index (κ1) is 15.8. The molecule has 20 heavy (non-hydrogen) atoms. The molecule has 1 amide bonds. The van der Waals surface area contributed by atoms with Crippen LogP contribution in [0.1, 0.15) is 17.3 Å². The molecule has 3 N–H and O–H groups in total. The monoisotopic (exact) mass is 289 g/mol. The standard InChI is InChI=1S/C12H13F2NO5/c1-12(19,11(17)18)5-15-10(16)8-6(13)3-4-7(14)9(8)20-2/h3-4,19H,5H2,1-2H3,(H,15,16)(H,17,18). The number of amides is 1. The number of rotatable bonds is 5. The smallest absolute Gasteiger partial charge is 0.337 e. The number of hydrogen-bond acceptors (Lipinski definition) is 4. The Morgan fingerprint density at radius 2 is 1.90 bits per heavy atom. The molecule has 8 heteroatoms. The Labute approximate surface area is 113 Å². The van der Waals surface area contributed by atoms with Crippen molar-refractivity contribution >= 4 is 11.9 Å². The number of nitrogens with one attached hydrogen (secondary N) is 1. The normalized spacial score (nSPS) is 13.4. The lowest BCUT2D eigenvalue weighted by Crippen LogP contribution is -2.46. The molecule has 0 aliphatic rings. The number of methoxy groups -OCH3 is 1. The topological polar surface area (TPSA) is 95.9 Å². The van der Waals surface area contributed by atoms with E-state index >= 15 is 0 Å². The lowest BCUT2D eigenvalue weighted by molar-refractivity contribution is -0.155. The van der Waals surface area contributed by atoms with Crippen LogP contribution in [0.25, 0.3) is 0 Å². The number of carbonyl (C=O) groups is 2. The molecule has 0 fully saturated rings. The second-order valence-electron chi connectivity index (χ2n) is 4.20. The van der Waals surface area contributed by atoms with E-state index in [1.165, 1.54) is 0 Å². The minimum absolute atomic E-state index is 0.600. The van der Waals surface area contributed by atoms with Gasteiger partial charge in [-0.25, -0.2) is 13.6 Å². The molecular weight excluding hydrogens is 276 g/mol. The van der Waals surface area contributed by atoms with Crippen LogP contribution in [0.4, 0.5) is 8.78 Å². The zero-order valence-corrected chi connectivity index (χ0v) is 10.7. The molecule has 1 rings (SSSR count). The van der Waals surface area contributed by atoms with Crippen molar-refractivity contribution in [3.8, 4) is 5.75 Å². The van der Waals surface area contributed by atoms with Gasteiger partial charge in [-0.3, -0.25) is 4.79 Å². The number of carboxylic acids is 1. The quantitative estimate of drug-likeness (QED) is 0.735. The van der Waals surface area contributed by atoms with Crippen molar-refractivity contribution in [3.63, 3.8) is 0 Å². The van der Waals surface area contributed by atoms with E-state index in [-0.39, 0.29) is 0 Å². The van der Waals surface area contributed by atoms with Gasteiger partial charge in [0, 0.05) is 0 Å². The lowest BCUT2D eigenvalue weighted by Gasteiger charge is -2.19. The fourth-order valence-electron chi connectivity index (χ4n) is 1.36. The van der Waals surface area contributed by atoms with Gasteiger partial charge in [-0.05, 0) is 19.1 Å². The van der Waals surface area contributed by atoms with E-state index in [0.717, 1.165) is 26.2 Å². The summed E-state index contributed by atoms with van der Waals surface area (Å²) in [5, 5.41) is 20.1. The molecule has 1 atom stereocenters. The Bertz CT molecular complexity index is 545. The molecule has 0 spiro atoms. The highest BCUT2D eigenvalue weighted by Gasteiger charge is 2.31. The van der Waals surface area contributed by atoms with Gasteiger partial charge < -0.3 is 20.3 Å². The third kappa shape index (κ3) is 3.21. The van der Waals surface area contributed by atoms with Crippen LogP contribution in [0, 0.1) is 11.6 Å². The SMILES string of the molecule is COc1c(F)ccc(F)c1C(=O)NCC(C)(O)C(=O)O.